The van der Waals surface area contributed by atoms with Gasteiger partial charge in [-0.2, -0.15) is 0 Å². The van der Waals surface area contributed by atoms with Crippen molar-refractivity contribution in [1.29, 1.82) is 0 Å². The third kappa shape index (κ3) is 6.40. The van der Waals surface area contributed by atoms with Gasteiger partial charge in [-0.3, -0.25) is 19.4 Å². The molecule has 2 saturated heterocycles. The Labute approximate surface area is 260 Å². The van der Waals surface area contributed by atoms with Gasteiger partial charge in [-0.05, 0) is 59.5 Å². The number of aromatic nitrogens is 1. The van der Waals surface area contributed by atoms with Gasteiger partial charge in [-0.1, -0.05) is 60.7 Å². The molecule has 1 N–H and O–H groups in total. The van der Waals surface area contributed by atoms with Crippen molar-refractivity contribution in [3.8, 4) is 22.6 Å². The van der Waals surface area contributed by atoms with Gasteiger partial charge in [0.15, 0.2) is 5.78 Å². The Morgan fingerprint density at radius 1 is 0.867 bits per heavy atom. The molecule has 0 radical (unpaired) electrons. The molecule has 10 heteroatoms. The first-order chi connectivity index (χ1) is 21.9. The van der Waals surface area contributed by atoms with E-state index in [2.05, 4.69) is 10.3 Å². The Morgan fingerprint density at radius 2 is 1.56 bits per heavy atom. The Morgan fingerprint density at radius 3 is 2.24 bits per heavy atom. The maximum absolute atomic E-state index is 14.1. The van der Waals surface area contributed by atoms with Gasteiger partial charge in [0.05, 0.1) is 19.7 Å². The number of benzene rings is 3. The first-order valence-electron chi connectivity index (χ1n) is 14.7. The SMILES string of the molecule is COc1ccc(CC(NC(=O)Oc2ccc(-c3ccccc3)cc2)C(=O)N2CCC3C2C(=O)CN3C(=O)c2ccccn2)cc1. The van der Waals surface area contributed by atoms with Crippen molar-refractivity contribution in [1.82, 2.24) is 20.1 Å². The standard InChI is InChI=1S/C35H32N4O6/c1-44-26-14-10-23(11-15-26)21-29(37-35(43)45-27-16-12-25(13-17-27)24-7-3-2-4-8-24)34(42)38-20-18-30-32(38)31(40)22-39(30)33(41)28-9-5-6-19-36-28/h2-17,19,29-30,32H,18,20-22H2,1H3,(H,37,43). The van der Waals surface area contributed by atoms with Crippen molar-refractivity contribution in [2.75, 3.05) is 20.2 Å². The van der Waals surface area contributed by atoms with E-state index in [0.29, 0.717) is 17.9 Å². The number of nitrogens with zero attached hydrogens (tertiary/aromatic N) is 3. The van der Waals surface area contributed by atoms with Crippen LogP contribution in [0.15, 0.2) is 103 Å². The Balaban J connectivity index is 1.18. The number of carbonyl (C=O) groups excluding carboxylic acids is 4. The number of ether oxygens (including phenoxy) is 2. The van der Waals surface area contributed by atoms with E-state index < -0.39 is 30.1 Å². The molecule has 3 amide bonds. The second-order valence-corrected chi connectivity index (χ2v) is 11.0. The molecule has 2 aliphatic heterocycles. The summed E-state index contributed by atoms with van der Waals surface area (Å²) in [5.41, 5.74) is 3.03. The molecule has 2 fully saturated rings. The molecule has 10 nitrogen and oxygen atoms in total. The van der Waals surface area contributed by atoms with Gasteiger partial charge in [0, 0.05) is 19.2 Å². The molecule has 0 saturated carbocycles. The minimum absolute atomic E-state index is 0.105. The fourth-order valence-electron chi connectivity index (χ4n) is 6.00. The molecular weight excluding hydrogens is 572 g/mol. The number of carbonyl (C=O) groups is 4. The van der Waals surface area contributed by atoms with Crippen LogP contribution in [-0.2, 0) is 16.0 Å². The van der Waals surface area contributed by atoms with E-state index in [9.17, 15) is 19.2 Å². The normalized spacial score (nSPS) is 17.8. The third-order valence-corrected chi connectivity index (χ3v) is 8.21. The van der Waals surface area contributed by atoms with Gasteiger partial charge in [-0.25, -0.2) is 4.79 Å². The molecule has 0 bridgehead atoms. The number of hydrogen-bond acceptors (Lipinski definition) is 7. The molecule has 45 heavy (non-hydrogen) atoms. The van der Waals surface area contributed by atoms with Crippen LogP contribution in [0.25, 0.3) is 11.1 Å². The summed E-state index contributed by atoms with van der Waals surface area (Å²) < 4.78 is 10.8. The Hall–Kier alpha value is -5.51. The van der Waals surface area contributed by atoms with E-state index in [-0.39, 0.29) is 36.9 Å². The summed E-state index contributed by atoms with van der Waals surface area (Å²) in [6.45, 7) is 0.162. The number of ketones is 1. The van der Waals surface area contributed by atoms with Crippen LogP contribution in [0.2, 0.25) is 0 Å². The second-order valence-electron chi connectivity index (χ2n) is 11.0. The van der Waals surface area contributed by atoms with Gasteiger partial charge in [0.2, 0.25) is 5.91 Å². The van der Waals surface area contributed by atoms with Crippen LogP contribution in [0.3, 0.4) is 0 Å². The largest absolute Gasteiger partial charge is 0.497 e. The van der Waals surface area contributed by atoms with Gasteiger partial charge >= 0.3 is 6.09 Å². The highest BCUT2D eigenvalue weighted by Gasteiger charge is 2.52. The smallest absolute Gasteiger partial charge is 0.413 e. The molecule has 3 unspecified atom stereocenters. The zero-order valence-corrected chi connectivity index (χ0v) is 24.7. The van der Waals surface area contributed by atoms with Crippen molar-refractivity contribution in [2.24, 2.45) is 0 Å². The molecule has 6 rings (SSSR count). The Bertz CT molecular complexity index is 1680. The fraction of sp³-hybridized carbons (Fsp3) is 0.229. The lowest BCUT2D eigenvalue weighted by atomic mass is 10.0. The van der Waals surface area contributed by atoms with Crippen LogP contribution >= 0.6 is 0 Å². The van der Waals surface area contributed by atoms with Crippen LogP contribution < -0.4 is 14.8 Å². The van der Waals surface area contributed by atoms with Crippen LogP contribution in [0.4, 0.5) is 4.79 Å². The maximum Gasteiger partial charge on any atom is 0.413 e. The summed E-state index contributed by atoms with van der Waals surface area (Å²) in [5.74, 6) is -0.0154. The minimum atomic E-state index is -1.03. The number of pyridine rings is 1. The average Bonchev–Trinajstić information content (AvgIpc) is 3.66. The lowest BCUT2D eigenvalue weighted by Gasteiger charge is -2.28. The van der Waals surface area contributed by atoms with Crippen LogP contribution in [0, 0.1) is 0 Å². The molecular formula is C35H32N4O6. The number of fused-ring (bicyclic) bond motifs is 1. The number of nitrogens with one attached hydrogen (secondary N) is 1. The summed E-state index contributed by atoms with van der Waals surface area (Å²) in [4.78, 5) is 60.7. The quantitative estimate of drug-likeness (QED) is 0.321. The van der Waals surface area contributed by atoms with Crippen LogP contribution in [0.5, 0.6) is 11.5 Å². The van der Waals surface area contributed by atoms with Crippen LogP contribution in [-0.4, -0.2) is 76.8 Å². The van der Waals surface area contributed by atoms with E-state index in [0.717, 1.165) is 16.7 Å². The minimum Gasteiger partial charge on any atom is -0.497 e. The molecule has 2 aliphatic rings. The summed E-state index contributed by atoms with van der Waals surface area (Å²) in [5, 5.41) is 2.73. The summed E-state index contributed by atoms with van der Waals surface area (Å²) in [7, 11) is 1.57. The zero-order valence-electron chi connectivity index (χ0n) is 24.7. The maximum atomic E-state index is 14.1. The van der Waals surface area contributed by atoms with Gasteiger partial charge < -0.3 is 24.6 Å². The fourth-order valence-corrected chi connectivity index (χ4v) is 6.00. The number of Topliss-reactive ketones (excluding diaryl/α,β-unsaturated/α-hetero) is 1. The van der Waals surface area contributed by atoms with Crippen molar-refractivity contribution in [2.45, 2.75) is 31.0 Å². The second kappa shape index (κ2) is 13.0. The highest BCUT2D eigenvalue weighted by molar-refractivity contribution is 6.02. The summed E-state index contributed by atoms with van der Waals surface area (Å²) >= 11 is 0. The van der Waals surface area contributed by atoms with Crippen molar-refractivity contribution in [3.05, 3.63) is 115 Å². The zero-order chi connectivity index (χ0) is 31.3. The van der Waals surface area contributed by atoms with Gasteiger partial charge in [0.25, 0.3) is 5.91 Å². The predicted octanol–water partition coefficient (Wildman–Crippen LogP) is 4.15. The molecule has 0 spiro atoms. The van der Waals surface area contributed by atoms with E-state index >= 15 is 0 Å². The summed E-state index contributed by atoms with van der Waals surface area (Å²) in [6.07, 6.45) is 1.33. The number of rotatable bonds is 8. The first-order valence-corrected chi connectivity index (χ1v) is 14.7. The van der Waals surface area contributed by atoms with E-state index in [1.165, 1.54) is 16.0 Å². The molecule has 3 atom stereocenters. The van der Waals surface area contributed by atoms with Crippen LogP contribution in [0.1, 0.15) is 22.5 Å². The van der Waals surface area contributed by atoms with Gasteiger partial charge in [-0.15, -0.1) is 0 Å². The Kier molecular flexibility index (Phi) is 8.54. The highest BCUT2D eigenvalue weighted by atomic mass is 16.6. The number of methoxy groups -OCH3 is 1. The van der Waals surface area contributed by atoms with Crippen molar-refractivity contribution < 1.29 is 28.7 Å². The molecule has 0 aliphatic carbocycles. The third-order valence-electron chi connectivity index (χ3n) is 8.21. The topological polar surface area (TPSA) is 118 Å². The highest BCUT2D eigenvalue weighted by Crippen LogP contribution is 2.31. The number of amides is 3. The molecule has 1 aromatic heterocycles. The number of hydrogen-bond donors (Lipinski definition) is 1. The first kappa shape index (κ1) is 29.6. The lowest BCUT2D eigenvalue weighted by Crippen LogP contribution is -2.53. The lowest BCUT2D eigenvalue weighted by molar-refractivity contribution is -0.138. The predicted molar refractivity (Wildman–Crippen MR) is 166 cm³/mol. The van der Waals surface area contributed by atoms with E-state index in [1.54, 1.807) is 49.6 Å². The molecule has 4 aromatic rings. The molecule has 3 heterocycles. The van der Waals surface area contributed by atoms with Crippen molar-refractivity contribution >= 4 is 23.7 Å². The average molecular weight is 605 g/mol. The molecule has 3 aromatic carbocycles. The van der Waals surface area contributed by atoms with E-state index in [4.69, 9.17) is 9.47 Å². The van der Waals surface area contributed by atoms with Crippen molar-refractivity contribution in [3.63, 3.8) is 0 Å². The molecule has 228 valence electrons. The van der Waals surface area contributed by atoms with E-state index in [1.807, 2.05) is 54.6 Å². The van der Waals surface area contributed by atoms with Gasteiger partial charge in [0.1, 0.15) is 29.3 Å². The monoisotopic (exact) mass is 604 g/mol. The summed E-state index contributed by atoms with van der Waals surface area (Å²) in [6, 6.07) is 26.8. The number of likely N-dealkylation sites (tertiary alicyclic amines) is 2.